The number of carbonyl (C=O) groups is 1. The Kier molecular flexibility index (Phi) is 7.36. The van der Waals surface area contributed by atoms with Crippen molar-refractivity contribution in [1.82, 2.24) is 15.5 Å². The van der Waals surface area contributed by atoms with E-state index in [1.165, 1.54) is 0 Å². The van der Waals surface area contributed by atoms with Crippen LogP contribution in [-0.2, 0) is 9.53 Å². The fraction of sp³-hybridized carbons (Fsp3) is 0.857. The summed E-state index contributed by atoms with van der Waals surface area (Å²) in [4.78, 5) is 17.5. The lowest BCUT2D eigenvalue weighted by atomic mass is 10.1. The lowest BCUT2D eigenvalue weighted by molar-refractivity contribution is -0.127. The highest BCUT2D eigenvalue weighted by molar-refractivity contribution is 5.84. The number of rotatable bonds is 6. The van der Waals surface area contributed by atoms with E-state index in [1.807, 2.05) is 0 Å². The summed E-state index contributed by atoms with van der Waals surface area (Å²) < 4.78 is 5.36. The average molecular weight is 284 g/mol. The van der Waals surface area contributed by atoms with E-state index in [0.29, 0.717) is 17.9 Å². The predicted molar refractivity (Wildman–Crippen MR) is 80.8 cm³/mol. The number of guanidine groups is 1. The SMILES string of the molecule is CCC(C)NC(=NCC(=O)N(C)C)NCC1CCOC1. The largest absolute Gasteiger partial charge is 0.381 e. The highest BCUT2D eigenvalue weighted by Gasteiger charge is 2.16. The monoisotopic (exact) mass is 284 g/mol. The molecule has 116 valence electrons. The van der Waals surface area contributed by atoms with Crippen LogP contribution in [0, 0.1) is 5.92 Å². The van der Waals surface area contributed by atoms with Gasteiger partial charge >= 0.3 is 0 Å². The second-order valence-corrected chi connectivity index (χ2v) is 5.52. The van der Waals surface area contributed by atoms with Crippen molar-refractivity contribution in [2.24, 2.45) is 10.9 Å². The van der Waals surface area contributed by atoms with Crippen molar-refractivity contribution in [3.8, 4) is 0 Å². The molecule has 6 heteroatoms. The molecule has 0 spiro atoms. The minimum absolute atomic E-state index is 0.000508. The molecule has 2 N–H and O–H groups in total. The number of aliphatic imine (C=N–C) groups is 1. The molecule has 1 heterocycles. The quantitative estimate of drug-likeness (QED) is 0.549. The van der Waals surface area contributed by atoms with E-state index in [0.717, 1.165) is 32.6 Å². The highest BCUT2D eigenvalue weighted by Crippen LogP contribution is 2.10. The minimum atomic E-state index is -0.000508. The van der Waals surface area contributed by atoms with Crippen LogP contribution >= 0.6 is 0 Å². The number of ether oxygens (including phenoxy) is 1. The third-order valence-corrected chi connectivity index (χ3v) is 3.45. The maximum absolute atomic E-state index is 11.6. The zero-order valence-corrected chi connectivity index (χ0v) is 13.1. The molecule has 2 unspecified atom stereocenters. The molecule has 20 heavy (non-hydrogen) atoms. The summed E-state index contributed by atoms with van der Waals surface area (Å²) >= 11 is 0. The Morgan fingerprint density at radius 3 is 2.80 bits per heavy atom. The van der Waals surface area contributed by atoms with E-state index >= 15 is 0 Å². The van der Waals surface area contributed by atoms with Gasteiger partial charge in [0.1, 0.15) is 6.54 Å². The molecule has 0 aromatic carbocycles. The number of nitrogens with one attached hydrogen (secondary N) is 2. The van der Waals surface area contributed by atoms with Gasteiger partial charge in [0.15, 0.2) is 5.96 Å². The molecule has 0 bridgehead atoms. The Labute approximate surface area is 122 Å². The highest BCUT2D eigenvalue weighted by atomic mass is 16.5. The normalized spacial score (nSPS) is 20.6. The summed E-state index contributed by atoms with van der Waals surface area (Å²) in [6.45, 7) is 6.87. The van der Waals surface area contributed by atoms with Crippen LogP contribution in [0.3, 0.4) is 0 Å². The Hall–Kier alpha value is -1.30. The molecule has 0 aromatic rings. The molecule has 1 saturated heterocycles. The first kappa shape index (κ1) is 16.8. The average Bonchev–Trinajstić information content (AvgIpc) is 2.94. The number of hydrogen-bond acceptors (Lipinski definition) is 3. The molecule has 0 saturated carbocycles. The summed E-state index contributed by atoms with van der Waals surface area (Å²) in [5, 5.41) is 6.62. The Morgan fingerprint density at radius 2 is 2.25 bits per heavy atom. The van der Waals surface area contributed by atoms with Crippen molar-refractivity contribution in [2.75, 3.05) is 40.4 Å². The molecule has 1 rings (SSSR count). The van der Waals surface area contributed by atoms with Gasteiger partial charge in [-0.05, 0) is 19.8 Å². The van der Waals surface area contributed by atoms with Crippen LogP contribution < -0.4 is 10.6 Å². The van der Waals surface area contributed by atoms with Crippen LogP contribution in [0.2, 0.25) is 0 Å². The second kappa shape index (κ2) is 8.79. The summed E-state index contributed by atoms with van der Waals surface area (Å²) in [5.41, 5.74) is 0. The van der Waals surface area contributed by atoms with Gasteiger partial charge in [-0.3, -0.25) is 4.79 Å². The van der Waals surface area contributed by atoms with Gasteiger partial charge in [0.2, 0.25) is 5.91 Å². The van der Waals surface area contributed by atoms with Gasteiger partial charge in [-0.1, -0.05) is 6.92 Å². The Bertz CT molecular complexity index is 325. The van der Waals surface area contributed by atoms with Crippen molar-refractivity contribution in [3.05, 3.63) is 0 Å². The van der Waals surface area contributed by atoms with Crippen LogP contribution in [0.1, 0.15) is 26.7 Å². The molecular formula is C14H28N4O2. The van der Waals surface area contributed by atoms with Crippen molar-refractivity contribution in [2.45, 2.75) is 32.7 Å². The standard InChI is InChI=1S/C14H28N4O2/c1-5-11(2)17-14(16-9-13(19)18(3)4)15-8-12-6-7-20-10-12/h11-12H,5-10H2,1-4H3,(H2,15,16,17). The molecule has 1 amide bonds. The van der Waals surface area contributed by atoms with Gasteiger partial charge in [0.25, 0.3) is 0 Å². The molecule has 1 fully saturated rings. The minimum Gasteiger partial charge on any atom is -0.381 e. The second-order valence-electron chi connectivity index (χ2n) is 5.52. The fourth-order valence-electron chi connectivity index (χ4n) is 1.76. The molecule has 0 aliphatic carbocycles. The number of carbonyl (C=O) groups excluding carboxylic acids is 1. The van der Waals surface area contributed by atoms with Crippen molar-refractivity contribution in [3.63, 3.8) is 0 Å². The maximum atomic E-state index is 11.6. The van der Waals surface area contributed by atoms with Crippen molar-refractivity contribution < 1.29 is 9.53 Å². The van der Waals surface area contributed by atoms with E-state index < -0.39 is 0 Å². The van der Waals surface area contributed by atoms with Crippen molar-refractivity contribution >= 4 is 11.9 Å². The summed E-state index contributed by atoms with van der Waals surface area (Å²) in [7, 11) is 3.48. The van der Waals surface area contributed by atoms with Gasteiger partial charge in [0.05, 0.1) is 6.61 Å². The third kappa shape index (κ3) is 6.23. The van der Waals surface area contributed by atoms with Gasteiger partial charge in [-0.25, -0.2) is 4.99 Å². The summed E-state index contributed by atoms with van der Waals surface area (Å²) in [6, 6.07) is 0.329. The van der Waals surface area contributed by atoms with E-state index in [9.17, 15) is 4.79 Å². The van der Waals surface area contributed by atoms with Crippen LogP contribution in [0.5, 0.6) is 0 Å². The van der Waals surface area contributed by atoms with Crippen LogP contribution in [-0.4, -0.2) is 63.2 Å². The van der Waals surface area contributed by atoms with Gasteiger partial charge in [-0.2, -0.15) is 0 Å². The first-order valence-corrected chi connectivity index (χ1v) is 7.35. The zero-order valence-electron chi connectivity index (χ0n) is 13.1. The smallest absolute Gasteiger partial charge is 0.243 e. The van der Waals surface area contributed by atoms with E-state index in [1.54, 1.807) is 19.0 Å². The molecular weight excluding hydrogens is 256 g/mol. The fourth-order valence-corrected chi connectivity index (χ4v) is 1.76. The summed E-state index contributed by atoms with van der Waals surface area (Å²) in [6.07, 6.45) is 2.09. The first-order valence-electron chi connectivity index (χ1n) is 7.35. The Morgan fingerprint density at radius 1 is 1.50 bits per heavy atom. The number of likely N-dealkylation sites (N-methyl/N-ethyl adjacent to an activating group) is 1. The molecule has 0 aromatic heterocycles. The van der Waals surface area contributed by atoms with E-state index in [4.69, 9.17) is 4.74 Å². The molecule has 1 aliphatic heterocycles. The van der Waals surface area contributed by atoms with E-state index in [2.05, 4.69) is 29.5 Å². The topological polar surface area (TPSA) is 66.0 Å². The van der Waals surface area contributed by atoms with Gasteiger partial charge in [0, 0.05) is 39.2 Å². The molecule has 0 radical (unpaired) electrons. The van der Waals surface area contributed by atoms with Crippen LogP contribution in [0.15, 0.2) is 4.99 Å². The third-order valence-electron chi connectivity index (χ3n) is 3.45. The molecule has 6 nitrogen and oxygen atoms in total. The number of amides is 1. The lowest BCUT2D eigenvalue weighted by Crippen LogP contribution is -2.44. The molecule has 2 atom stereocenters. The number of nitrogens with zero attached hydrogens (tertiary/aromatic N) is 2. The first-order chi connectivity index (χ1) is 9.52. The lowest BCUT2D eigenvalue weighted by Gasteiger charge is -2.19. The zero-order chi connectivity index (χ0) is 15.0. The van der Waals surface area contributed by atoms with Gasteiger partial charge in [-0.15, -0.1) is 0 Å². The van der Waals surface area contributed by atoms with E-state index in [-0.39, 0.29) is 12.5 Å². The van der Waals surface area contributed by atoms with Crippen LogP contribution in [0.25, 0.3) is 0 Å². The summed E-state index contributed by atoms with van der Waals surface area (Å²) in [5.74, 6) is 1.24. The Balaban J connectivity index is 2.49. The number of hydrogen-bond donors (Lipinski definition) is 2. The predicted octanol–water partition coefficient (Wildman–Crippen LogP) is 0.445. The molecule has 1 aliphatic rings. The van der Waals surface area contributed by atoms with Gasteiger partial charge < -0.3 is 20.3 Å². The maximum Gasteiger partial charge on any atom is 0.243 e. The van der Waals surface area contributed by atoms with Crippen molar-refractivity contribution in [1.29, 1.82) is 0 Å². The van der Waals surface area contributed by atoms with Crippen LogP contribution in [0.4, 0.5) is 0 Å².